The number of aliphatic hydroxyl groups excluding tert-OH is 1. The highest BCUT2D eigenvalue weighted by molar-refractivity contribution is 5.91. The van der Waals surface area contributed by atoms with Gasteiger partial charge in [-0.2, -0.15) is 0 Å². The smallest absolute Gasteiger partial charge is 0.338 e. The lowest BCUT2D eigenvalue weighted by Gasteiger charge is -2.22. The minimum atomic E-state index is -0.285. The van der Waals surface area contributed by atoms with Gasteiger partial charge in [0, 0.05) is 18.8 Å². The SMILES string of the molecule is CCOC(=O)c1ccc(N(CC)CCO)cc1C. The number of hydrogen-bond donors (Lipinski definition) is 1. The van der Waals surface area contributed by atoms with E-state index in [9.17, 15) is 4.79 Å². The molecule has 1 aromatic carbocycles. The molecule has 0 saturated carbocycles. The van der Waals surface area contributed by atoms with E-state index in [1.54, 1.807) is 13.0 Å². The van der Waals surface area contributed by atoms with Gasteiger partial charge in [-0.05, 0) is 44.5 Å². The predicted molar refractivity (Wildman–Crippen MR) is 72.1 cm³/mol. The number of rotatable bonds is 6. The van der Waals surface area contributed by atoms with Crippen LogP contribution in [0.15, 0.2) is 18.2 Å². The zero-order valence-corrected chi connectivity index (χ0v) is 11.3. The van der Waals surface area contributed by atoms with E-state index in [0.29, 0.717) is 18.7 Å². The highest BCUT2D eigenvalue weighted by Crippen LogP contribution is 2.19. The molecule has 4 nitrogen and oxygen atoms in total. The van der Waals surface area contributed by atoms with Gasteiger partial charge >= 0.3 is 5.97 Å². The van der Waals surface area contributed by atoms with E-state index in [-0.39, 0.29) is 12.6 Å². The first kappa shape index (κ1) is 14.5. The van der Waals surface area contributed by atoms with E-state index in [1.165, 1.54) is 0 Å². The monoisotopic (exact) mass is 251 g/mol. The van der Waals surface area contributed by atoms with Crippen LogP contribution in [0.5, 0.6) is 0 Å². The molecule has 0 aliphatic carbocycles. The van der Waals surface area contributed by atoms with E-state index >= 15 is 0 Å². The summed E-state index contributed by atoms with van der Waals surface area (Å²) in [5.74, 6) is -0.285. The van der Waals surface area contributed by atoms with Crippen molar-refractivity contribution in [2.75, 3.05) is 31.2 Å². The van der Waals surface area contributed by atoms with Crippen molar-refractivity contribution >= 4 is 11.7 Å². The second-order valence-electron chi connectivity index (χ2n) is 4.02. The molecule has 0 saturated heterocycles. The van der Waals surface area contributed by atoms with Crippen molar-refractivity contribution in [2.24, 2.45) is 0 Å². The second-order valence-corrected chi connectivity index (χ2v) is 4.02. The maximum absolute atomic E-state index is 11.7. The number of nitrogens with zero attached hydrogens (tertiary/aromatic N) is 1. The molecule has 0 radical (unpaired) electrons. The molecule has 0 fully saturated rings. The Bertz CT molecular complexity index is 404. The van der Waals surface area contributed by atoms with Crippen LogP contribution in [0.4, 0.5) is 5.69 Å². The summed E-state index contributed by atoms with van der Waals surface area (Å²) in [6, 6.07) is 5.62. The molecule has 0 heterocycles. The molecule has 0 aromatic heterocycles. The highest BCUT2D eigenvalue weighted by atomic mass is 16.5. The molecule has 4 heteroatoms. The molecule has 1 N–H and O–H groups in total. The maximum atomic E-state index is 11.7. The van der Waals surface area contributed by atoms with Crippen molar-refractivity contribution in [3.05, 3.63) is 29.3 Å². The van der Waals surface area contributed by atoms with Crippen LogP contribution in [0.2, 0.25) is 0 Å². The van der Waals surface area contributed by atoms with Crippen LogP contribution in [0.1, 0.15) is 29.8 Å². The van der Waals surface area contributed by atoms with Crippen molar-refractivity contribution in [1.82, 2.24) is 0 Å². The van der Waals surface area contributed by atoms with Crippen LogP contribution in [0.25, 0.3) is 0 Å². The number of aryl methyl sites for hydroxylation is 1. The number of ether oxygens (including phenoxy) is 1. The first-order valence-electron chi connectivity index (χ1n) is 6.27. The van der Waals surface area contributed by atoms with E-state index in [2.05, 4.69) is 4.90 Å². The van der Waals surface area contributed by atoms with Gasteiger partial charge in [0.05, 0.1) is 18.8 Å². The summed E-state index contributed by atoms with van der Waals surface area (Å²) in [6.45, 7) is 7.63. The number of hydrogen-bond acceptors (Lipinski definition) is 4. The van der Waals surface area contributed by atoms with E-state index in [1.807, 2.05) is 26.0 Å². The Morgan fingerprint density at radius 1 is 1.39 bits per heavy atom. The van der Waals surface area contributed by atoms with Gasteiger partial charge in [0.1, 0.15) is 0 Å². The number of carbonyl (C=O) groups excluding carboxylic acids is 1. The fourth-order valence-electron chi connectivity index (χ4n) is 1.87. The molecule has 1 aromatic rings. The van der Waals surface area contributed by atoms with Gasteiger partial charge in [0.2, 0.25) is 0 Å². The fraction of sp³-hybridized carbons (Fsp3) is 0.500. The molecule has 0 bridgehead atoms. The fourth-order valence-corrected chi connectivity index (χ4v) is 1.87. The van der Waals surface area contributed by atoms with Crippen molar-refractivity contribution < 1.29 is 14.6 Å². The number of carbonyl (C=O) groups is 1. The summed E-state index contributed by atoms with van der Waals surface area (Å²) in [6.07, 6.45) is 0. The summed E-state index contributed by atoms with van der Waals surface area (Å²) < 4.78 is 4.99. The third-order valence-corrected chi connectivity index (χ3v) is 2.82. The van der Waals surface area contributed by atoms with Crippen LogP contribution in [0, 0.1) is 6.92 Å². The summed E-state index contributed by atoms with van der Waals surface area (Å²) in [4.78, 5) is 13.7. The summed E-state index contributed by atoms with van der Waals surface area (Å²) in [5.41, 5.74) is 2.50. The van der Waals surface area contributed by atoms with Crippen LogP contribution >= 0.6 is 0 Å². The molecule has 0 unspecified atom stereocenters. The summed E-state index contributed by atoms with van der Waals surface area (Å²) in [7, 11) is 0. The third-order valence-electron chi connectivity index (χ3n) is 2.82. The Morgan fingerprint density at radius 3 is 2.61 bits per heavy atom. The predicted octanol–water partition coefficient (Wildman–Crippen LogP) is 1.99. The lowest BCUT2D eigenvalue weighted by Crippen LogP contribution is -2.26. The average molecular weight is 251 g/mol. The van der Waals surface area contributed by atoms with Crippen molar-refractivity contribution in [2.45, 2.75) is 20.8 Å². The molecule has 0 atom stereocenters. The standard InChI is InChI=1S/C14H21NO3/c1-4-15(8-9-16)12-6-7-13(11(3)10-12)14(17)18-5-2/h6-7,10,16H,4-5,8-9H2,1-3H3. The number of esters is 1. The molecule has 0 aliphatic rings. The van der Waals surface area contributed by atoms with Gasteiger partial charge in [-0.15, -0.1) is 0 Å². The molecule has 1 rings (SSSR count). The van der Waals surface area contributed by atoms with Gasteiger partial charge in [-0.3, -0.25) is 0 Å². The minimum Gasteiger partial charge on any atom is -0.462 e. The lowest BCUT2D eigenvalue weighted by atomic mass is 10.1. The highest BCUT2D eigenvalue weighted by Gasteiger charge is 2.12. The van der Waals surface area contributed by atoms with E-state index in [4.69, 9.17) is 9.84 Å². The molecule has 0 spiro atoms. The largest absolute Gasteiger partial charge is 0.462 e. The number of anilines is 1. The first-order valence-corrected chi connectivity index (χ1v) is 6.27. The molecular weight excluding hydrogens is 230 g/mol. The second kappa shape index (κ2) is 7.01. The number of likely N-dealkylation sites (N-methyl/N-ethyl adjacent to an activating group) is 1. The Hall–Kier alpha value is -1.55. The van der Waals surface area contributed by atoms with Crippen molar-refractivity contribution in [3.8, 4) is 0 Å². The molecule has 100 valence electrons. The average Bonchev–Trinajstić information content (AvgIpc) is 2.36. The maximum Gasteiger partial charge on any atom is 0.338 e. The van der Waals surface area contributed by atoms with Crippen molar-refractivity contribution in [3.63, 3.8) is 0 Å². The minimum absolute atomic E-state index is 0.118. The Labute approximate surface area is 108 Å². The Kier molecular flexibility index (Phi) is 5.65. The topological polar surface area (TPSA) is 49.8 Å². The number of aliphatic hydroxyl groups is 1. The first-order chi connectivity index (χ1) is 8.63. The van der Waals surface area contributed by atoms with Gasteiger partial charge < -0.3 is 14.7 Å². The van der Waals surface area contributed by atoms with Gasteiger partial charge in [-0.1, -0.05) is 0 Å². The molecular formula is C14H21NO3. The number of benzene rings is 1. The van der Waals surface area contributed by atoms with Crippen LogP contribution < -0.4 is 4.90 Å². The summed E-state index contributed by atoms with van der Waals surface area (Å²) in [5, 5.41) is 9.00. The van der Waals surface area contributed by atoms with Crippen LogP contribution in [0.3, 0.4) is 0 Å². The zero-order valence-electron chi connectivity index (χ0n) is 11.3. The van der Waals surface area contributed by atoms with Crippen LogP contribution in [-0.4, -0.2) is 37.4 Å². The normalized spacial score (nSPS) is 10.2. The Morgan fingerprint density at radius 2 is 2.11 bits per heavy atom. The van der Waals surface area contributed by atoms with E-state index < -0.39 is 0 Å². The molecule has 0 aliphatic heterocycles. The summed E-state index contributed by atoms with van der Waals surface area (Å²) >= 11 is 0. The third kappa shape index (κ3) is 3.47. The van der Waals surface area contributed by atoms with Gasteiger partial charge in [0.15, 0.2) is 0 Å². The van der Waals surface area contributed by atoms with Crippen molar-refractivity contribution in [1.29, 1.82) is 0 Å². The zero-order chi connectivity index (χ0) is 13.5. The Balaban J connectivity index is 2.94. The molecule has 0 amide bonds. The molecule has 18 heavy (non-hydrogen) atoms. The van der Waals surface area contributed by atoms with Crippen LogP contribution in [-0.2, 0) is 4.74 Å². The quantitative estimate of drug-likeness (QED) is 0.786. The van der Waals surface area contributed by atoms with Gasteiger partial charge in [-0.25, -0.2) is 4.79 Å². The van der Waals surface area contributed by atoms with E-state index in [0.717, 1.165) is 17.8 Å². The lowest BCUT2D eigenvalue weighted by molar-refractivity contribution is 0.0525. The van der Waals surface area contributed by atoms with Gasteiger partial charge in [0.25, 0.3) is 0 Å².